The van der Waals surface area contributed by atoms with Crippen molar-refractivity contribution in [2.75, 3.05) is 26.3 Å². The number of hydrogen-bond donors (Lipinski definition) is 1. The summed E-state index contributed by atoms with van der Waals surface area (Å²) >= 11 is 0. The zero-order chi connectivity index (χ0) is 17.4. The van der Waals surface area contributed by atoms with Crippen LogP contribution >= 0.6 is 0 Å². The van der Waals surface area contributed by atoms with E-state index in [2.05, 4.69) is 11.2 Å². The first kappa shape index (κ1) is 16.1. The molecule has 6 nitrogen and oxygen atoms in total. The number of carbonyl (C=O) groups excluding carboxylic acids is 1. The van der Waals surface area contributed by atoms with Gasteiger partial charge in [-0.1, -0.05) is 12.1 Å². The molecule has 0 bridgehead atoms. The van der Waals surface area contributed by atoms with Crippen molar-refractivity contribution < 1.29 is 14.6 Å². The summed E-state index contributed by atoms with van der Waals surface area (Å²) < 4.78 is 7.29. The summed E-state index contributed by atoms with van der Waals surface area (Å²) in [6.07, 6.45) is 5.12. The van der Waals surface area contributed by atoms with Gasteiger partial charge in [0.2, 0.25) is 5.91 Å². The summed E-state index contributed by atoms with van der Waals surface area (Å²) in [7, 11) is 1.88. The molecule has 0 aliphatic carbocycles. The molecular weight excluding hydrogens is 318 g/mol. The fourth-order valence-electron chi connectivity index (χ4n) is 3.91. The van der Waals surface area contributed by atoms with Crippen LogP contribution in [0.1, 0.15) is 22.6 Å². The highest BCUT2D eigenvalue weighted by atomic mass is 16.5. The first-order chi connectivity index (χ1) is 12.1. The van der Waals surface area contributed by atoms with E-state index in [4.69, 9.17) is 4.74 Å². The van der Waals surface area contributed by atoms with Gasteiger partial charge in [0.1, 0.15) is 5.75 Å². The van der Waals surface area contributed by atoms with Crippen LogP contribution in [0, 0.1) is 5.92 Å². The second kappa shape index (κ2) is 6.52. The highest BCUT2D eigenvalue weighted by Gasteiger charge is 2.36. The fraction of sp³-hybridized carbons (Fsp3) is 0.474. The second-order valence-corrected chi connectivity index (χ2v) is 7.01. The summed E-state index contributed by atoms with van der Waals surface area (Å²) in [5.41, 5.74) is 3.30. The summed E-state index contributed by atoms with van der Waals surface area (Å²) in [5, 5.41) is 13.9. The maximum absolute atomic E-state index is 12.8. The molecular formula is C19H23N3O3. The van der Waals surface area contributed by atoms with E-state index in [0.29, 0.717) is 19.5 Å². The number of nitrogens with zero attached hydrogens (tertiary/aromatic N) is 3. The van der Waals surface area contributed by atoms with Crippen molar-refractivity contribution in [2.45, 2.75) is 18.8 Å². The van der Waals surface area contributed by atoms with Crippen LogP contribution in [0.2, 0.25) is 0 Å². The van der Waals surface area contributed by atoms with Gasteiger partial charge >= 0.3 is 0 Å². The number of aliphatic hydroxyl groups is 1. The minimum absolute atomic E-state index is 0.0709. The van der Waals surface area contributed by atoms with Crippen LogP contribution < -0.4 is 4.74 Å². The molecule has 1 fully saturated rings. The molecule has 1 saturated heterocycles. The van der Waals surface area contributed by atoms with Gasteiger partial charge in [0.05, 0.1) is 19.2 Å². The average Bonchev–Trinajstić information content (AvgIpc) is 3.32. The average molecular weight is 341 g/mol. The van der Waals surface area contributed by atoms with Gasteiger partial charge in [0, 0.05) is 51.2 Å². The van der Waals surface area contributed by atoms with Gasteiger partial charge in [-0.25, -0.2) is 0 Å². The normalized spacial score (nSPS) is 22.1. The number of aliphatic hydroxyl groups excluding tert-OH is 1. The summed E-state index contributed by atoms with van der Waals surface area (Å²) in [4.78, 5) is 14.6. The van der Waals surface area contributed by atoms with Crippen molar-refractivity contribution in [1.82, 2.24) is 14.7 Å². The predicted molar refractivity (Wildman–Crippen MR) is 92.4 cm³/mol. The molecule has 6 heteroatoms. The molecule has 2 atom stereocenters. The molecule has 2 aliphatic rings. The number of benzene rings is 1. The van der Waals surface area contributed by atoms with Crippen molar-refractivity contribution in [1.29, 1.82) is 0 Å². The minimum atomic E-state index is 0.0709. The highest BCUT2D eigenvalue weighted by Crippen LogP contribution is 2.33. The third-order valence-corrected chi connectivity index (χ3v) is 5.29. The molecule has 132 valence electrons. The smallest absolute Gasteiger partial charge is 0.227 e. The monoisotopic (exact) mass is 341 g/mol. The number of likely N-dealkylation sites (tertiary alicyclic amines) is 1. The van der Waals surface area contributed by atoms with Crippen LogP contribution in [0.5, 0.6) is 5.75 Å². The fourth-order valence-corrected chi connectivity index (χ4v) is 3.91. The zero-order valence-electron chi connectivity index (χ0n) is 14.4. The van der Waals surface area contributed by atoms with Gasteiger partial charge in [-0.3, -0.25) is 9.48 Å². The number of amides is 1. The molecule has 1 N–H and O–H groups in total. The van der Waals surface area contributed by atoms with E-state index in [1.165, 1.54) is 5.56 Å². The lowest BCUT2D eigenvalue weighted by molar-refractivity contribution is -0.129. The van der Waals surface area contributed by atoms with E-state index in [9.17, 15) is 9.90 Å². The third-order valence-electron chi connectivity index (χ3n) is 5.29. The predicted octanol–water partition coefficient (Wildman–Crippen LogP) is 1.13. The molecule has 4 rings (SSSR count). The van der Waals surface area contributed by atoms with Crippen LogP contribution in [-0.2, 0) is 24.7 Å². The molecule has 25 heavy (non-hydrogen) atoms. The van der Waals surface area contributed by atoms with Crippen molar-refractivity contribution in [3.63, 3.8) is 0 Å². The van der Waals surface area contributed by atoms with Gasteiger partial charge in [-0.05, 0) is 22.8 Å². The van der Waals surface area contributed by atoms with Gasteiger partial charge in [-0.2, -0.15) is 5.10 Å². The van der Waals surface area contributed by atoms with Crippen LogP contribution in [0.15, 0.2) is 30.6 Å². The van der Waals surface area contributed by atoms with E-state index >= 15 is 0 Å². The van der Waals surface area contributed by atoms with Crippen molar-refractivity contribution >= 4 is 5.91 Å². The Bertz CT molecular complexity index is 786. The number of rotatable bonds is 4. The SMILES string of the molecule is Cn1cc([C@@H]2CN(C(=O)Cc3ccc4c(c3)CCO4)C[C@H]2CO)cn1. The highest BCUT2D eigenvalue weighted by molar-refractivity contribution is 5.79. The Morgan fingerprint density at radius 1 is 1.40 bits per heavy atom. The lowest BCUT2D eigenvalue weighted by Crippen LogP contribution is -2.30. The number of fused-ring (bicyclic) bond motifs is 1. The first-order valence-corrected chi connectivity index (χ1v) is 8.76. The number of aryl methyl sites for hydroxylation is 1. The molecule has 2 aromatic rings. The van der Waals surface area contributed by atoms with Gasteiger partial charge in [0.25, 0.3) is 0 Å². The van der Waals surface area contributed by atoms with Gasteiger partial charge in [-0.15, -0.1) is 0 Å². The van der Waals surface area contributed by atoms with Crippen molar-refractivity contribution in [3.05, 3.63) is 47.3 Å². The summed E-state index contributed by atoms with van der Waals surface area (Å²) in [6, 6.07) is 6.02. The number of aromatic nitrogens is 2. The van der Waals surface area contributed by atoms with Crippen molar-refractivity contribution in [3.8, 4) is 5.75 Å². The topological polar surface area (TPSA) is 67.6 Å². The lowest BCUT2D eigenvalue weighted by atomic mass is 9.92. The molecule has 0 radical (unpaired) electrons. The Kier molecular flexibility index (Phi) is 4.21. The Balaban J connectivity index is 1.45. The van der Waals surface area contributed by atoms with E-state index < -0.39 is 0 Å². The van der Waals surface area contributed by atoms with Gasteiger partial charge < -0.3 is 14.7 Å². The van der Waals surface area contributed by atoms with Crippen molar-refractivity contribution in [2.24, 2.45) is 13.0 Å². The van der Waals surface area contributed by atoms with Gasteiger partial charge in [0.15, 0.2) is 0 Å². The molecule has 1 amide bonds. The second-order valence-electron chi connectivity index (χ2n) is 7.01. The molecule has 1 aromatic carbocycles. The quantitative estimate of drug-likeness (QED) is 0.905. The Labute approximate surface area is 147 Å². The van der Waals surface area contributed by atoms with Crippen LogP contribution in [0.25, 0.3) is 0 Å². The van der Waals surface area contributed by atoms with E-state index in [1.54, 1.807) is 4.68 Å². The summed E-state index contributed by atoms with van der Waals surface area (Å²) in [6.45, 7) is 2.05. The molecule has 0 spiro atoms. The number of hydrogen-bond acceptors (Lipinski definition) is 4. The standard InChI is InChI=1S/C19H23N3O3/c1-21-9-15(8-20-21)17-11-22(10-16(17)12-23)19(24)7-13-2-3-18-14(6-13)4-5-25-18/h2-3,6,8-9,16-17,23H,4-5,7,10-12H2,1H3/t16-,17-/m0/s1. The number of ether oxygens (including phenoxy) is 1. The third kappa shape index (κ3) is 3.14. The Morgan fingerprint density at radius 3 is 3.04 bits per heavy atom. The lowest BCUT2D eigenvalue weighted by Gasteiger charge is -2.16. The van der Waals surface area contributed by atoms with Crippen LogP contribution in [0.4, 0.5) is 0 Å². The molecule has 0 unspecified atom stereocenters. The Morgan fingerprint density at radius 2 is 2.28 bits per heavy atom. The summed E-state index contributed by atoms with van der Waals surface area (Å²) in [5.74, 6) is 1.27. The van der Waals surface area contributed by atoms with E-state index in [0.717, 1.165) is 29.9 Å². The maximum atomic E-state index is 12.8. The first-order valence-electron chi connectivity index (χ1n) is 8.76. The molecule has 0 saturated carbocycles. The van der Waals surface area contributed by atoms with E-state index in [1.807, 2.05) is 36.5 Å². The largest absolute Gasteiger partial charge is 0.493 e. The zero-order valence-corrected chi connectivity index (χ0v) is 14.4. The number of carbonyl (C=O) groups is 1. The minimum Gasteiger partial charge on any atom is -0.493 e. The Hall–Kier alpha value is -2.34. The maximum Gasteiger partial charge on any atom is 0.227 e. The van der Waals surface area contributed by atoms with E-state index in [-0.39, 0.29) is 24.3 Å². The molecule has 3 heterocycles. The molecule has 2 aliphatic heterocycles. The van der Waals surface area contributed by atoms with Crippen LogP contribution in [-0.4, -0.2) is 52.0 Å². The molecule has 1 aromatic heterocycles. The van der Waals surface area contributed by atoms with Crippen LogP contribution in [0.3, 0.4) is 0 Å².